The van der Waals surface area contributed by atoms with Crippen molar-refractivity contribution in [1.29, 1.82) is 0 Å². The van der Waals surface area contributed by atoms with Crippen molar-refractivity contribution in [3.63, 3.8) is 0 Å². The molecular weight excluding hydrogens is 520 g/mol. The number of hydrogen-bond acceptors (Lipinski definition) is 3. The fraction of sp³-hybridized carbons (Fsp3) is 0.409. The average molecular weight is 548 g/mol. The molecule has 1 aliphatic heterocycles. The summed E-state index contributed by atoms with van der Waals surface area (Å²) < 4.78 is 45.6. The van der Waals surface area contributed by atoms with Gasteiger partial charge >= 0.3 is 0 Å². The van der Waals surface area contributed by atoms with Crippen molar-refractivity contribution in [3.05, 3.63) is 71.0 Å². The molecule has 0 saturated carbocycles. The normalized spacial score (nSPS) is 15.8. The van der Waals surface area contributed by atoms with Crippen molar-refractivity contribution >= 4 is 29.9 Å². The number of morpholine rings is 1. The molecule has 1 unspecified atom stereocenters. The molecule has 2 aromatic carbocycles. The number of aliphatic imine (C=N–C) groups is 1. The standard InChI is InChI=1S/C22H27F3N4O.HI/c1-26-22(27-9-8-16-2-7-19(24)14-20(16)25)28-15-21(29-10-12-30-13-11-29)17-3-5-18(23)6-4-17;/h2-7,14,21H,8-13,15H2,1H3,(H2,26,27,28);1H. The molecule has 1 saturated heterocycles. The second-order valence-electron chi connectivity index (χ2n) is 7.08. The fourth-order valence-corrected chi connectivity index (χ4v) is 3.49. The topological polar surface area (TPSA) is 48.9 Å². The highest BCUT2D eigenvalue weighted by Gasteiger charge is 2.23. The molecule has 170 valence electrons. The summed E-state index contributed by atoms with van der Waals surface area (Å²) in [6.07, 6.45) is 0.400. The average Bonchev–Trinajstić information content (AvgIpc) is 2.76. The van der Waals surface area contributed by atoms with Crippen LogP contribution in [0.3, 0.4) is 0 Å². The van der Waals surface area contributed by atoms with Gasteiger partial charge < -0.3 is 15.4 Å². The Morgan fingerprint density at radius 3 is 2.35 bits per heavy atom. The molecule has 0 bridgehead atoms. The van der Waals surface area contributed by atoms with Crippen LogP contribution in [-0.2, 0) is 11.2 Å². The lowest BCUT2D eigenvalue weighted by Crippen LogP contribution is -2.46. The first kappa shape index (κ1) is 25.4. The van der Waals surface area contributed by atoms with Crippen molar-refractivity contribution < 1.29 is 17.9 Å². The largest absolute Gasteiger partial charge is 0.379 e. The lowest BCUT2D eigenvalue weighted by molar-refractivity contribution is 0.0170. The van der Waals surface area contributed by atoms with Crippen molar-refractivity contribution in [3.8, 4) is 0 Å². The summed E-state index contributed by atoms with van der Waals surface area (Å²) in [5.41, 5.74) is 1.45. The van der Waals surface area contributed by atoms with Gasteiger partial charge in [-0.3, -0.25) is 9.89 Å². The zero-order valence-corrected chi connectivity index (χ0v) is 19.7. The van der Waals surface area contributed by atoms with Gasteiger partial charge in [0.2, 0.25) is 0 Å². The van der Waals surface area contributed by atoms with E-state index in [4.69, 9.17) is 4.74 Å². The van der Waals surface area contributed by atoms with E-state index in [-0.39, 0.29) is 35.8 Å². The first-order valence-corrected chi connectivity index (χ1v) is 10.0. The van der Waals surface area contributed by atoms with Gasteiger partial charge in [-0.2, -0.15) is 0 Å². The zero-order chi connectivity index (χ0) is 21.3. The van der Waals surface area contributed by atoms with Crippen LogP contribution in [0.25, 0.3) is 0 Å². The van der Waals surface area contributed by atoms with Crippen molar-refractivity contribution in [2.24, 2.45) is 4.99 Å². The van der Waals surface area contributed by atoms with E-state index in [1.54, 1.807) is 19.2 Å². The van der Waals surface area contributed by atoms with Crippen molar-refractivity contribution in [1.82, 2.24) is 15.5 Å². The predicted molar refractivity (Wildman–Crippen MR) is 126 cm³/mol. The third-order valence-electron chi connectivity index (χ3n) is 5.13. The minimum atomic E-state index is -0.586. The quantitative estimate of drug-likeness (QED) is 0.316. The van der Waals surface area contributed by atoms with Crippen LogP contribution in [-0.4, -0.2) is 57.3 Å². The molecule has 0 aliphatic carbocycles. The molecule has 9 heteroatoms. The van der Waals surface area contributed by atoms with Crippen LogP contribution >= 0.6 is 24.0 Å². The lowest BCUT2D eigenvalue weighted by atomic mass is 10.0. The molecule has 0 aromatic heterocycles. The van der Waals surface area contributed by atoms with Gasteiger partial charge in [0.15, 0.2) is 5.96 Å². The summed E-state index contributed by atoms with van der Waals surface area (Å²) >= 11 is 0. The van der Waals surface area contributed by atoms with Crippen LogP contribution in [0.4, 0.5) is 13.2 Å². The van der Waals surface area contributed by atoms with E-state index in [0.29, 0.717) is 44.2 Å². The third kappa shape index (κ3) is 7.65. The minimum Gasteiger partial charge on any atom is -0.379 e. The number of halogens is 4. The molecule has 0 radical (unpaired) electrons. The maximum Gasteiger partial charge on any atom is 0.191 e. The van der Waals surface area contributed by atoms with Crippen LogP contribution in [0.5, 0.6) is 0 Å². The number of guanidine groups is 1. The number of nitrogens with zero attached hydrogens (tertiary/aromatic N) is 2. The smallest absolute Gasteiger partial charge is 0.191 e. The first-order valence-electron chi connectivity index (χ1n) is 10.0. The number of benzene rings is 2. The Hall–Kier alpha value is -1.85. The van der Waals surface area contributed by atoms with Crippen LogP contribution < -0.4 is 10.6 Å². The highest BCUT2D eigenvalue weighted by atomic mass is 127. The van der Waals surface area contributed by atoms with E-state index < -0.39 is 11.6 Å². The maximum atomic E-state index is 13.8. The Kier molecular flexibility index (Phi) is 10.6. The molecule has 0 amide bonds. The molecule has 1 fully saturated rings. The molecule has 1 atom stereocenters. The Morgan fingerprint density at radius 2 is 1.71 bits per heavy atom. The number of hydrogen-bond donors (Lipinski definition) is 2. The Bertz CT molecular complexity index is 845. The van der Waals surface area contributed by atoms with Crippen LogP contribution in [0, 0.1) is 17.5 Å². The summed E-state index contributed by atoms with van der Waals surface area (Å²) in [5.74, 6) is -0.823. The van der Waals surface area contributed by atoms with Gasteiger partial charge in [0.05, 0.1) is 19.3 Å². The molecule has 2 aromatic rings. The molecule has 31 heavy (non-hydrogen) atoms. The van der Waals surface area contributed by atoms with E-state index in [2.05, 4.69) is 20.5 Å². The van der Waals surface area contributed by atoms with Crippen molar-refractivity contribution in [2.45, 2.75) is 12.5 Å². The van der Waals surface area contributed by atoms with Crippen LogP contribution in [0.1, 0.15) is 17.2 Å². The van der Waals surface area contributed by atoms with Crippen molar-refractivity contribution in [2.75, 3.05) is 46.4 Å². The van der Waals surface area contributed by atoms with Gasteiger partial charge in [0.1, 0.15) is 17.5 Å². The van der Waals surface area contributed by atoms with Gasteiger partial charge in [0, 0.05) is 39.3 Å². The SMILES string of the molecule is CN=C(NCCc1ccc(F)cc1F)NCC(c1ccc(F)cc1)N1CCOCC1.I. The Labute approximate surface area is 198 Å². The van der Waals surface area contributed by atoms with Gasteiger partial charge in [-0.1, -0.05) is 18.2 Å². The summed E-state index contributed by atoms with van der Waals surface area (Å²) in [5, 5.41) is 6.45. The van der Waals surface area contributed by atoms with Crippen LogP contribution in [0.2, 0.25) is 0 Å². The number of ether oxygens (including phenoxy) is 1. The fourth-order valence-electron chi connectivity index (χ4n) is 3.49. The summed E-state index contributed by atoms with van der Waals surface area (Å²) in [7, 11) is 1.66. The summed E-state index contributed by atoms with van der Waals surface area (Å²) in [4.78, 5) is 6.51. The molecule has 3 rings (SSSR count). The van der Waals surface area contributed by atoms with Gasteiger partial charge in [-0.05, 0) is 35.7 Å². The predicted octanol–water partition coefficient (Wildman–Crippen LogP) is 3.50. The zero-order valence-electron chi connectivity index (χ0n) is 17.4. The van der Waals surface area contributed by atoms with E-state index >= 15 is 0 Å². The van der Waals surface area contributed by atoms with Crippen LogP contribution in [0.15, 0.2) is 47.5 Å². The molecule has 2 N–H and O–H groups in total. The second-order valence-corrected chi connectivity index (χ2v) is 7.08. The van der Waals surface area contributed by atoms with Gasteiger partial charge in [-0.15, -0.1) is 24.0 Å². The Balaban J connectivity index is 0.00000341. The first-order chi connectivity index (χ1) is 14.6. The third-order valence-corrected chi connectivity index (χ3v) is 5.13. The van der Waals surface area contributed by atoms with E-state index in [1.807, 2.05) is 0 Å². The summed E-state index contributed by atoms with van der Waals surface area (Å²) in [6.45, 7) is 3.91. The van der Waals surface area contributed by atoms with E-state index in [1.165, 1.54) is 24.3 Å². The molecule has 5 nitrogen and oxygen atoms in total. The minimum absolute atomic E-state index is 0. The van der Waals surface area contributed by atoms with Gasteiger partial charge in [-0.25, -0.2) is 13.2 Å². The number of rotatable bonds is 7. The maximum absolute atomic E-state index is 13.8. The monoisotopic (exact) mass is 548 g/mol. The molecule has 1 heterocycles. The second kappa shape index (κ2) is 12.9. The van der Waals surface area contributed by atoms with Gasteiger partial charge in [0.25, 0.3) is 0 Å². The molecule has 1 aliphatic rings. The highest BCUT2D eigenvalue weighted by Crippen LogP contribution is 2.21. The highest BCUT2D eigenvalue weighted by molar-refractivity contribution is 14.0. The van der Waals surface area contributed by atoms with E-state index in [0.717, 1.165) is 24.7 Å². The molecular formula is C22H28F3IN4O. The molecule has 0 spiro atoms. The van der Waals surface area contributed by atoms with E-state index in [9.17, 15) is 13.2 Å². The Morgan fingerprint density at radius 1 is 1.03 bits per heavy atom. The lowest BCUT2D eigenvalue weighted by Gasteiger charge is -2.35. The summed E-state index contributed by atoms with van der Waals surface area (Å²) in [6, 6.07) is 10.1. The number of nitrogens with one attached hydrogen (secondary N) is 2.